The Bertz CT molecular complexity index is 486. The lowest BCUT2D eigenvalue weighted by molar-refractivity contribution is 0.0947. The van der Waals surface area contributed by atoms with Crippen LogP contribution in [0.15, 0.2) is 12.4 Å². The van der Waals surface area contributed by atoms with E-state index in [1.165, 1.54) is 0 Å². The molecule has 16 heavy (non-hydrogen) atoms. The molecule has 0 atom stereocenters. The fourth-order valence-electron chi connectivity index (χ4n) is 1.25. The van der Waals surface area contributed by atoms with Gasteiger partial charge in [-0.25, -0.2) is 0 Å². The van der Waals surface area contributed by atoms with Crippen molar-refractivity contribution < 1.29 is 4.79 Å². The van der Waals surface area contributed by atoms with E-state index in [2.05, 4.69) is 25.7 Å². The fraction of sp³-hybridized carbons (Fsp3) is 0.222. The highest BCUT2D eigenvalue weighted by atomic mass is 16.1. The number of aromatic nitrogens is 4. The van der Waals surface area contributed by atoms with E-state index in [1.54, 1.807) is 19.3 Å². The van der Waals surface area contributed by atoms with Gasteiger partial charge in [0.1, 0.15) is 0 Å². The summed E-state index contributed by atoms with van der Waals surface area (Å²) in [4.78, 5) is 11.7. The third-order valence-corrected chi connectivity index (χ3v) is 2.22. The molecular formula is C9H12N6O. The molecule has 1 amide bonds. The number of nitrogens with one attached hydrogen (secondary N) is 3. The lowest BCUT2D eigenvalue weighted by atomic mass is 10.3. The van der Waals surface area contributed by atoms with E-state index in [4.69, 9.17) is 5.73 Å². The standard InChI is InChI=1S/C9H12N6O/c1-5-7(10)8(15-14-5)9(16)11-2-6-3-12-13-4-6/h3-4H,2,10H2,1H3,(H,11,16)(H,12,13)(H,14,15). The van der Waals surface area contributed by atoms with Crippen molar-refractivity contribution >= 4 is 11.6 Å². The molecule has 0 aliphatic rings. The van der Waals surface area contributed by atoms with E-state index in [9.17, 15) is 4.79 Å². The van der Waals surface area contributed by atoms with Crippen molar-refractivity contribution in [3.63, 3.8) is 0 Å². The zero-order valence-electron chi connectivity index (χ0n) is 8.74. The minimum Gasteiger partial charge on any atom is -0.395 e. The lowest BCUT2D eigenvalue weighted by Crippen LogP contribution is -2.23. The van der Waals surface area contributed by atoms with E-state index in [-0.39, 0.29) is 11.6 Å². The van der Waals surface area contributed by atoms with E-state index >= 15 is 0 Å². The number of nitrogens with two attached hydrogens (primary N) is 1. The van der Waals surface area contributed by atoms with E-state index in [1.807, 2.05) is 0 Å². The van der Waals surface area contributed by atoms with Gasteiger partial charge in [-0.1, -0.05) is 0 Å². The summed E-state index contributed by atoms with van der Waals surface area (Å²) in [7, 11) is 0. The molecule has 0 saturated carbocycles. The van der Waals surface area contributed by atoms with Gasteiger partial charge in [-0.2, -0.15) is 10.2 Å². The average molecular weight is 220 g/mol. The number of amides is 1. The molecule has 7 nitrogen and oxygen atoms in total. The third-order valence-electron chi connectivity index (χ3n) is 2.22. The SMILES string of the molecule is Cc1[nH]nc(C(=O)NCc2cn[nH]c2)c1N. The number of aryl methyl sites for hydroxylation is 1. The molecule has 0 aliphatic carbocycles. The summed E-state index contributed by atoms with van der Waals surface area (Å²) in [5, 5.41) is 15.6. The van der Waals surface area contributed by atoms with Gasteiger partial charge >= 0.3 is 0 Å². The number of nitrogen functional groups attached to an aromatic ring is 1. The van der Waals surface area contributed by atoms with Gasteiger partial charge in [-0.3, -0.25) is 15.0 Å². The molecule has 0 unspecified atom stereocenters. The molecule has 7 heteroatoms. The molecule has 2 aromatic heterocycles. The van der Waals surface area contributed by atoms with Gasteiger partial charge in [0.25, 0.3) is 5.91 Å². The van der Waals surface area contributed by atoms with Crippen molar-refractivity contribution in [3.8, 4) is 0 Å². The molecule has 84 valence electrons. The van der Waals surface area contributed by atoms with Gasteiger partial charge in [-0.15, -0.1) is 0 Å². The minimum absolute atomic E-state index is 0.223. The maximum atomic E-state index is 11.7. The highest BCUT2D eigenvalue weighted by Crippen LogP contribution is 2.11. The lowest BCUT2D eigenvalue weighted by Gasteiger charge is -2.01. The van der Waals surface area contributed by atoms with Crippen molar-refractivity contribution in [1.29, 1.82) is 0 Å². The van der Waals surface area contributed by atoms with Crippen LogP contribution in [-0.4, -0.2) is 26.3 Å². The van der Waals surface area contributed by atoms with Crippen molar-refractivity contribution in [2.24, 2.45) is 0 Å². The van der Waals surface area contributed by atoms with Crippen molar-refractivity contribution in [3.05, 3.63) is 29.3 Å². The molecule has 2 heterocycles. The van der Waals surface area contributed by atoms with E-state index in [0.717, 1.165) is 5.56 Å². The number of carbonyl (C=O) groups is 1. The molecule has 0 radical (unpaired) electrons. The molecule has 5 N–H and O–H groups in total. The predicted octanol–water partition coefficient (Wildman–Crippen LogP) is -0.0466. The maximum absolute atomic E-state index is 11.7. The Balaban J connectivity index is 2.01. The topological polar surface area (TPSA) is 112 Å². The van der Waals surface area contributed by atoms with Crippen LogP contribution in [0, 0.1) is 6.92 Å². The molecule has 0 saturated heterocycles. The van der Waals surface area contributed by atoms with E-state index in [0.29, 0.717) is 17.9 Å². The second-order valence-corrected chi connectivity index (χ2v) is 3.40. The molecule has 0 spiro atoms. The Hall–Kier alpha value is -2.31. The van der Waals surface area contributed by atoms with Gasteiger partial charge in [0.05, 0.1) is 17.6 Å². The van der Waals surface area contributed by atoms with Crippen molar-refractivity contribution in [2.45, 2.75) is 13.5 Å². The van der Waals surface area contributed by atoms with Gasteiger partial charge in [0.2, 0.25) is 0 Å². The number of hydrogen-bond acceptors (Lipinski definition) is 4. The van der Waals surface area contributed by atoms with Crippen LogP contribution in [0.25, 0.3) is 0 Å². The first-order chi connectivity index (χ1) is 7.68. The molecule has 0 aromatic carbocycles. The molecule has 2 aromatic rings. The van der Waals surface area contributed by atoms with Crippen LogP contribution in [0.3, 0.4) is 0 Å². The summed E-state index contributed by atoms with van der Waals surface area (Å²) in [6.45, 7) is 2.15. The predicted molar refractivity (Wildman–Crippen MR) is 57.5 cm³/mol. The van der Waals surface area contributed by atoms with Crippen LogP contribution >= 0.6 is 0 Å². The second-order valence-electron chi connectivity index (χ2n) is 3.40. The average Bonchev–Trinajstić information content (AvgIpc) is 2.88. The number of carbonyl (C=O) groups excluding carboxylic acids is 1. The normalized spacial score (nSPS) is 10.3. The summed E-state index contributed by atoms with van der Waals surface area (Å²) in [6, 6.07) is 0. The monoisotopic (exact) mass is 220 g/mol. The van der Waals surface area contributed by atoms with Crippen LogP contribution in [-0.2, 0) is 6.54 Å². The highest BCUT2D eigenvalue weighted by Gasteiger charge is 2.14. The zero-order chi connectivity index (χ0) is 11.5. The molecule has 0 aliphatic heterocycles. The first-order valence-corrected chi connectivity index (χ1v) is 4.74. The number of rotatable bonds is 3. The number of H-pyrrole nitrogens is 2. The Kier molecular flexibility index (Phi) is 2.59. The van der Waals surface area contributed by atoms with Crippen LogP contribution in [0.5, 0.6) is 0 Å². The zero-order valence-corrected chi connectivity index (χ0v) is 8.74. The highest BCUT2D eigenvalue weighted by molar-refractivity contribution is 5.97. The van der Waals surface area contributed by atoms with Gasteiger partial charge in [0.15, 0.2) is 5.69 Å². The first-order valence-electron chi connectivity index (χ1n) is 4.74. The minimum atomic E-state index is -0.303. The molecule has 0 fully saturated rings. The molecule has 2 rings (SSSR count). The smallest absolute Gasteiger partial charge is 0.274 e. The Morgan fingerprint density at radius 2 is 2.44 bits per heavy atom. The summed E-state index contributed by atoms with van der Waals surface area (Å²) >= 11 is 0. The Morgan fingerprint density at radius 3 is 3.00 bits per heavy atom. The number of hydrogen-bond donors (Lipinski definition) is 4. The van der Waals surface area contributed by atoms with Crippen LogP contribution in [0.4, 0.5) is 5.69 Å². The van der Waals surface area contributed by atoms with Crippen molar-refractivity contribution in [2.75, 3.05) is 5.73 Å². The van der Waals surface area contributed by atoms with Crippen LogP contribution < -0.4 is 11.1 Å². The maximum Gasteiger partial charge on any atom is 0.274 e. The van der Waals surface area contributed by atoms with Gasteiger partial charge in [0, 0.05) is 18.3 Å². The summed E-state index contributed by atoms with van der Waals surface area (Å²) in [5.41, 5.74) is 7.86. The number of anilines is 1. The Labute approximate surface area is 91.4 Å². The van der Waals surface area contributed by atoms with Crippen LogP contribution in [0.2, 0.25) is 0 Å². The molecular weight excluding hydrogens is 208 g/mol. The summed E-state index contributed by atoms with van der Waals surface area (Å²) < 4.78 is 0. The first kappa shape index (κ1) is 10.2. The number of aromatic amines is 2. The quantitative estimate of drug-likeness (QED) is 0.581. The summed E-state index contributed by atoms with van der Waals surface area (Å²) in [5.74, 6) is -0.303. The molecule has 0 bridgehead atoms. The van der Waals surface area contributed by atoms with E-state index < -0.39 is 0 Å². The Morgan fingerprint density at radius 1 is 1.62 bits per heavy atom. The number of nitrogens with zero attached hydrogens (tertiary/aromatic N) is 2. The second kappa shape index (κ2) is 4.05. The third kappa shape index (κ3) is 1.88. The van der Waals surface area contributed by atoms with Gasteiger partial charge in [-0.05, 0) is 6.92 Å². The fourth-order valence-corrected chi connectivity index (χ4v) is 1.25. The summed E-state index contributed by atoms with van der Waals surface area (Å²) in [6.07, 6.45) is 3.35. The largest absolute Gasteiger partial charge is 0.395 e. The van der Waals surface area contributed by atoms with Crippen LogP contribution in [0.1, 0.15) is 21.7 Å². The van der Waals surface area contributed by atoms with Gasteiger partial charge < -0.3 is 11.1 Å². The van der Waals surface area contributed by atoms with Crippen molar-refractivity contribution in [1.82, 2.24) is 25.7 Å².